The Labute approximate surface area is 81.1 Å². The van der Waals surface area contributed by atoms with Gasteiger partial charge in [-0.15, -0.1) is 0 Å². The lowest BCUT2D eigenvalue weighted by molar-refractivity contribution is 0.175. The fraction of sp³-hybridized carbons (Fsp3) is 1.00. The summed E-state index contributed by atoms with van der Waals surface area (Å²) < 4.78 is 0. The summed E-state index contributed by atoms with van der Waals surface area (Å²) in [5.41, 5.74) is 0. The minimum Gasteiger partial charge on any atom is -0.392 e. The number of hydrogen-bond acceptors (Lipinski definition) is 3. The van der Waals surface area contributed by atoms with Crippen molar-refractivity contribution in [2.45, 2.75) is 25.9 Å². The highest BCUT2D eigenvalue weighted by molar-refractivity contribution is 4.72. The van der Waals surface area contributed by atoms with E-state index < -0.39 is 0 Å². The van der Waals surface area contributed by atoms with Crippen molar-refractivity contribution in [1.29, 1.82) is 0 Å². The van der Waals surface area contributed by atoms with Crippen LogP contribution in [0.1, 0.15) is 19.8 Å². The Balaban J connectivity index is 2.06. The van der Waals surface area contributed by atoms with Gasteiger partial charge in [-0.2, -0.15) is 0 Å². The summed E-state index contributed by atoms with van der Waals surface area (Å²) in [6.45, 7) is 6.04. The highest BCUT2D eigenvalue weighted by Gasteiger charge is 2.16. The molecule has 1 rings (SSSR count). The Morgan fingerprint density at radius 3 is 3.00 bits per heavy atom. The number of hydrogen-bond donors (Lipinski definition) is 2. The minimum atomic E-state index is -0.221. The molecule has 0 amide bonds. The zero-order valence-electron chi connectivity index (χ0n) is 8.79. The van der Waals surface area contributed by atoms with Crippen LogP contribution in [-0.4, -0.2) is 49.3 Å². The zero-order chi connectivity index (χ0) is 9.68. The van der Waals surface area contributed by atoms with Gasteiger partial charge in [0, 0.05) is 13.1 Å². The van der Waals surface area contributed by atoms with Crippen LogP contribution in [0.15, 0.2) is 0 Å². The van der Waals surface area contributed by atoms with E-state index in [-0.39, 0.29) is 6.10 Å². The molecule has 2 atom stereocenters. The third-order valence-corrected chi connectivity index (χ3v) is 2.59. The summed E-state index contributed by atoms with van der Waals surface area (Å²) >= 11 is 0. The van der Waals surface area contributed by atoms with Crippen molar-refractivity contribution < 1.29 is 5.11 Å². The lowest BCUT2D eigenvalue weighted by Crippen LogP contribution is -2.38. The molecule has 3 nitrogen and oxygen atoms in total. The average molecular weight is 186 g/mol. The van der Waals surface area contributed by atoms with Crippen molar-refractivity contribution in [1.82, 2.24) is 10.2 Å². The van der Waals surface area contributed by atoms with Crippen molar-refractivity contribution in [2.24, 2.45) is 5.92 Å². The van der Waals surface area contributed by atoms with Crippen LogP contribution in [0.4, 0.5) is 0 Å². The second-order valence-electron chi connectivity index (χ2n) is 4.28. The Hall–Kier alpha value is -0.120. The highest BCUT2D eigenvalue weighted by Crippen LogP contribution is 2.13. The molecule has 78 valence electrons. The third-order valence-electron chi connectivity index (χ3n) is 2.59. The number of likely N-dealkylation sites (tertiary alicyclic amines) is 1. The molecule has 0 saturated carbocycles. The molecule has 0 spiro atoms. The molecule has 1 unspecified atom stereocenters. The predicted molar refractivity (Wildman–Crippen MR) is 54.8 cm³/mol. The number of rotatable bonds is 4. The average Bonchev–Trinajstić information content (AvgIpc) is 2.03. The second kappa shape index (κ2) is 5.58. The molecule has 0 aromatic heterocycles. The van der Waals surface area contributed by atoms with Gasteiger partial charge in [0.2, 0.25) is 0 Å². The van der Waals surface area contributed by atoms with Crippen molar-refractivity contribution in [3.05, 3.63) is 0 Å². The van der Waals surface area contributed by atoms with Crippen molar-refractivity contribution in [3.8, 4) is 0 Å². The van der Waals surface area contributed by atoms with Crippen LogP contribution in [-0.2, 0) is 0 Å². The summed E-state index contributed by atoms with van der Waals surface area (Å²) in [5, 5.41) is 12.4. The van der Waals surface area contributed by atoms with Crippen LogP contribution in [0, 0.1) is 5.92 Å². The first kappa shape index (κ1) is 11.0. The molecule has 1 fully saturated rings. The molecular formula is C10H22N2O. The van der Waals surface area contributed by atoms with E-state index in [1.54, 1.807) is 0 Å². The van der Waals surface area contributed by atoms with Gasteiger partial charge in [0.15, 0.2) is 0 Å². The first-order valence-corrected chi connectivity index (χ1v) is 5.26. The zero-order valence-corrected chi connectivity index (χ0v) is 8.79. The summed E-state index contributed by atoms with van der Waals surface area (Å²) in [4.78, 5) is 2.39. The number of piperidine rings is 1. The number of nitrogens with zero attached hydrogens (tertiary/aromatic N) is 1. The lowest BCUT2D eigenvalue weighted by atomic mass is 9.98. The van der Waals surface area contributed by atoms with E-state index in [9.17, 15) is 0 Å². The van der Waals surface area contributed by atoms with Gasteiger partial charge in [0.1, 0.15) is 0 Å². The van der Waals surface area contributed by atoms with E-state index in [0.29, 0.717) is 0 Å². The van der Waals surface area contributed by atoms with Crippen molar-refractivity contribution >= 4 is 0 Å². The van der Waals surface area contributed by atoms with E-state index in [1.165, 1.54) is 25.9 Å². The molecule has 2 N–H and O–H groups in total. The second-order valence-corrected chi connectivity index (χ2v) is 4.28. The SMILES string of the molecule is C[C@H](O)CNCC1CCCN(C)C1. The van der Waals surface area contributed by atoms with E-state index >= 15 is 0 Å². The maximum atomic E-state index is 9.06. The fourth-order valence-corrected chi connectivity index (χ4v) is 1.94. The quantitative estimate of drug-likeness (QED) is 0.663. The van der Waals surface area contributed by atoms with Gasteiger partial charge in [-0.1, -0.05) is 0 Å². The van der Waals surface area contributed by atoms with Gasteiger partial charge in [-0.25, -0.2) is 0 Å². The van der Waals surface area contributed by atoms with Crippen LogP contribution in [0.2, 0.25) is 0 Å². The molecule has 0 bridgehead atoms. The smallest absolute Gasteiger partial charge is 0.0636 e. The molecule has 1 aliphatic rings. The predicted octanol–water partition coefficient (Wildman–Crippen LogP) is 0.299. The molecule has 0 radical (unpaired) electrons. The topological polar surface area (TPSA) is 35.5 Å². The largest absolute Gasteiger partial charge is 0.392 e. The molecule has 0 aromatic carbocycles. The summed E-state index contributed by atoms with van der Waals surface area (Å²) in [7, 11) is 2.18. The number of nitrogens with one attached hydrogen (secondary N) is 1. The van der Waals surface area contributed by atoms with Crippen LogP contribution < -0.4 is 5.32 Å². The monoisotopic (exact) mass is 186 g/mol. The normalized spacial score (nSPS) is 27.5. The van der Waals surface area contributed by atoms with Crippen LogP contribution >= 0.6 is 0 Å². The molecule has 1 heterocycles. The van der Waals surface area contributed by atoms with Gasteiger partial charge in [0.05, 0.1) is 6.10 Å². The molecule has 0 aliphatic carbocycles. The van der Waals surface area contributed by atoms with Crippen LogP contribution in [0.5, 0.6) is 0 Å². The Kier molecular flexibility index (Phi) is 4.70. The minimum absolute atomic E-state index is 0.221. The Morgan fingerprint density at radius 2 is 2.38 bits per heavy atom. The maximum absolute atomic E-state index is 9.06. The number of aliphatic hydroxyl groups excluding tert-OH is 1. The Morgan fingerprint density at radius 1 is 1.62 bits per heavy atom. The standard InChI is InChI=1S/C10H22N2O/c1-9(13)6-11-7-10-4-3-5-12(2)8-10/h9-11,13H,3-8H2,1-2H3/t9-,10?/m0/s1. The fourth-order valence-electron chi connectivity index (χ4n) is 1.94. The molecule has 13 heavy (non-hydrogen) atoms. The van der Waals surface area contributed by atoms with E-state index in [2.05, 4.69) is 17.3 Å². The summed E-state index contributed by atoms with van der Waals surface area (Å²) in [6, 6.07) is 0. The van der Waals surface area contributed by atoms with Gasteiger partial charge < -0.3 is 15.3 Å². The van der Waals surface area contributed by atoms with Gasteiger partial charge in [0.25, 0.3) is 0 Å². The molecule has 1 saturated heterocycles. The first-order chi connectivity index (χ1) is 6.18. The van der Waals surface area contributed by atoms with E-state index in [4.69, 9.17) is 5.11 Å². The molecular weight excluding hydrogens is 164 g/mol. The van der Waals surface area contributed by atoms with Crippen LogP contribution in [0.3, 0.4) is 0 Å². The maximum Gasteiger partial charge on any atom is 0.0636 e. The van der Waals surface area contributed by atoms with Crippen molar-refractivity contribution in [3.63, 3.8) is 0 Å². The molecule has 3 heteroatoms. The highest BCUT2D eigenvalue weighted by atomic mass is 16.3. The lowest BCUT2D eigenvalue weighted by Gasteiger charge is -2.29. The van der Waals surface area contributed by atoms with Gasteiger partial charge in [-0.3, -0.25) is 0 Å². The van der Waals surface area contributed by atoms with Crippen LogP contribution in [0.25, 0.3) is 0 Å². The number of aliphatic hydroxyl groups is 1. The van der Waals surface area contributed by atoms with Crippen molar-refractivity contribution in [2.75, 3.05) is 33.2 Å². The van der Waals surface area contributed by atoms with Gasteiger partial charge >= 0.3 is 0 Å². The van der Waals surface area contributed by atoms with Gasteiger partial charge in [-0.05, 0) is 45.8 Å². The van der Waals surface area contributed by atoms with E-state index in [1.807, 2.05) is 6.92 Å². The summed E-state index contributed by atoms with van der Waals surface area (Å²) in [6.07, 6.45) is 2.43. The first-order valence-electron chi connectivity index (χ1n) is 5.26. The van der Waals surface area contributed by atoms with E-state index in [0.717, 1.165) is 19.0 Å². The molecule has 0 aromatic rings. The summed E-state index contributed by atoms with van der Waals surface area (Å²) in [5.74, 6) is 0.775. The Bertz CT molecular complexity index is 139. The molecule has 1 aliphatic heterocycles. The third kappa shape index (κ3) is 4.60.